The lowest BCUT2D eigenvalue weighted by Gasteiger charge is -2.39. The number of nitrogens with zero attached hydrogens (tertiary/aromatic N) is 5. The molecule has 1 aromatic carbocycles. The molecule has 1 amide bonds. The maximum atomic E-state index is 13.5. The lowest BCUT2D eigenvalue weighted by atomic mass is 10.0. The van der Waals surface area contributed by atoms with Crippen molar-refractivity contribution in [2.75, 3.05) is 42.5 Å². The van der Waals surface area contributed by atoms with Crippen LogP contribution in [0.2, 0.25) is 0 Å². The molecule has 1 aromatic heterocycles. The Morgan fingerprint density at radius 3 is 2.24 bits per heavy atom. The molecule has 0 aliphatic carbocycles. The molecule has 218 valence electrons. The average Bonchev–Trinajstić information content (AvgIpc) is 3.25. The highest BCUT2D eigenvalue weighted by Gasteiger charge is 2.33. The van der Waals surface area contributed by atoms with E-state index in [-0.39, 0.29) is 17.0 Å². The Kier molecular flexibility index (Phi) is 11.1. The number of benzene rings is 1. The molecule has 0 bridgehead atoms. The highest BCUT2D eigenvalue weighted by Crippen LogP contribution is 2.36. The van der Waals surface area contributed by atoms with Crippen molar-refractivity contribution in [3.8, 4) is 6.07 Å². The molecule has 2 aliphatic heterocycles. The fraction of sp³-hybridized carbons (Fsp3) is 0.500. The van der Waals surface area contributed by atoms with Gasteiger partial charge in [0.05, 0.1) is 4.91 Å². The first kappa shape index (κ1) is 30.9. The van der Waals surface area contributed by atoms with E-state index in [0.717, 1.165) is 56.8 Å². The normalized spacial score (nSPS) is 16.6. The Labute approximate surface area is 253 Å². The third-order valence-corrected chi connectivity index (χ3v) is 9.26. The van der Waals surface area contributed by atoms with Gasteiger partial charge in [-0.2, -0.15) is 5.26 Å². The number of rotatable bonds is 12. The Morgan fingerprint density at radius 1 is 0.927 bits per heavy atom. The van der Waals surface area contributed by atoms with E-state index in [1.165, 1.54) is 43.1 Å². The molecule has 2 saturated heterocycles. The second-order valence-corrected chi connectivity index (χ2v) is 12.4. The van der Waals surface area contributed by atoms with E-state index in [0.29, 0.717) is 27.9 Å². The molecule has 3 heterocycles. The maximum absolute atomic E-state index is 13.5. The summed E-state index contributed by atoms with van der Waals surface area (Å²) in [6.07, 6.45) is 9.51. The van der Waals surface area contributed by atoms with Gasteiger partial charge in [-0.05, 0) is 43.5 Å². The van der Waals surface area contributed by atoms with Crippen LogP contribution in [-0.2, 0) is 11.3 Å². The van der Waals surface area contributed by atoms with Crippen molar-refractivity contribution in [3.63, 3.8) is 0 Å². The summed E-state index contributed by atoms with van der Waals surface area (Å²) in [5.74, 6) is 0.710. The molecule has 4 rings (SSSR count). The molecule has 0 N–H and O–H groups in total. The van der Waals surface area contributed by atoms with Gasteiger partial charge < -0.3 is 9.80 Å². The Balaban J connectivity index is 1.65. The number of aromatic nitrogens is 1. The quantitative estimate of drug-likeness (QED) is 0.162. The topological polar surface area (TPSA) is 72.6 Å². The molecule has 2 aromatic rings. The standard InChI is InChI=1S/C32H41N5O2S2/c1-4-6-7-8-9-13-17-37-31(39)28(41-32(37)40)22-26-24(3)27(23-33)30(38)36(16-5-2)29(26)35-20-18-34(19-21-35)25-14-11-10-12-15-25/h10-12,14-15,22H,4-9,13,16-21H2,1-3H3/b28-22-. The van der Waals surface area contributed by atoms with Crippen LogP contribution >= 0.6 is 24.0 Å². The Morgan fingerprint density at radius 2 is 1.59 bits per heavy atom. The zero-order chi connectivity index (χ0) is 29.4. The van der Waals surface area contributed by atoms with Crippen molar-refractivity contribution in [2.24, 2.45) is 0 Å². The van der Waals surface area contributed by atoms with Gasteiger partial charge in [-0.25, -0.2) is 0 Å². The zero-order valence-corrected chi connectivity index (χ0v) is 26.2. The first-order chi connectivity index (χ1) is 19.9. The fourth-order valence-corrected chi connectivity index (χ4v) is 6.90. The van der Waals surface area contributed by atoms with Crippen molar-refractivity contribution in [2.45, 2.75) is 72.3 Å². The molecule has 0 unspecified atom stereocenters. The Hall–Kier alpha value is -3.09. The first-order valence-corrected chi connectivity index (χ1v) is 16.1. The molecule has 41 heavy (non-hydrogen) atoms. The lowest BCUT2D eigenvalue weighted by Crippen LogP contribution is -2.48. The van der Waals surface area contributed by atoms with Gasteiger partial charge in [-0.15, -0.1) is 0 Å². The minimum atomic E-state index is -0.264. The number of thiocarbonyl (C=S) groups is 1. The van der Waals surface area contributed by atoms with Crippen LogP contribution in [-0.4, -0.2) is 52.4 Å². The minimum absolute atomic E-state index is 0.0837. The van der Waals surface area contributed by atoms with Crippen LogP contribution < -0.4 is 15.4 Å². The van der Waals surface area contributed by atoms with E-state index in [2.05, 4.69) is 34.9 Å². The van der Waals surface area contributed by atoms with Crippen LogP contribution in [0.1, 0.15) is 75.5 Å². The van der Waals surface area contributed by atoms with Crippen molar-refractivity contribution >= 4 is 51.8 Å². The van der Waals surface area contributed by atoms with E-state index in [1.54, 1.807) is 9.47 Å². The van der Waals surface area contributed by atoms with Crippen molar-refractivity contribution in [1.29, 1.82) is 5.26 Å². The zero-order valence-electron chi connectivity index (χ0n) is 24.5. The number of anilines is 2. The summed E-state index contributed by atoms with van der Waals surface area (Å²) in [6, 6.07) is 12.5. The monoisotopic (exact) mass is 591 g/mol. The third kappa shape index (κ3) is 7.04. The molecule has 9 heteroatoms. The molecule has 0 spiro atoms. The molecule has 0 saturated carbocycles. The minimum Gasteiger partial charge on any atom is -0.368 e. The second kappa shape index (κ2) is 14.7. The van der Waals surface area contributed by atoms with Gasteiger partial charge in [0.25, 0.3) is 11.5 Å². The Bertz CT molecular complexity index is 1370. The number of hydrogen-bond acceptors (Lipinski definition) is 7. The number of thioether (sulfide) groups is 1. The predicted octanol–water partition coefficient (Wildman–Crippen LogP) is 6.33. The van der Waals surface area contributed by atoms with Gasteiger partial charge in [0.15, 0.2) is 0 Å². The number of carbonyl (C=O) groups is 1. The van der Waals surface area contributed by atoms with Gasteiger partial charge in [0.2, 0.25) is 0 Å². The SMILES string of the molecule is CCCCCCCCN1C(=O)/C(=C/c2c(C)c(C#N)c(=O)n(CCC)c2N2CCN(c3ccccc3)CC2)SC1=S. The molecule has 2 fully saturated rings. The van der Waals surface area contributed by atoms with Crippen LogP contribution in [0.3, 0.4) is 0 Å². The summed E-state index contributed by atoms with van der Waals surface area (Å²) in [5, 5.41) is 9.94. The summed E-state index contributed by atoms with van der Waals surface area (Å²) >= 11 is 6.94. The van der Waals surface area contributed by atoms with Gasteiger partial charge in [-0.1, -0.05) is 88.1 Å². The van der Waals surface area contributed by atoms with Crippen molar-refractivity contribution in [1.82, 2.24) is 9.47 Å². The van der Waals surface area contributed by atoms with Gasteiger partial charge in [0, 0.05) is 50.5 Å². The van der Waals surface area contributed by atoms with Crippen molar-refractivity contribution < 1.29 is 4.79 Å². The third-order valence-electron chi connectivity index (χ3n) is 7.88. The first-order valence-electron chi connectivity index (χ1n) is 14.9. The summed E-state index contributed by atoms with van der Waals surface area (Å²) in [7, 11) is 0. The van der Waals surface area contributed by atoms with Crippen LogP contribution in [0.5, 0.6) is 0 Å². The number of carbonyl (C=O) groups excluding carboxylic acids is 1. The molecule has 0 atom stereocenters. The highest BCUT2D eigenvalue weighted by atomic mass is 32.2. The van der Waals surface area contributed by atoms with Gasteiger partial charge in [0.1, 0.15) is 21.8 Å². The highest BCUT2D eigenvalue weighted by molar-refractivity contribution is 8.26. The van der Waals surface area contributed by atoms with Crippen LogP contribution in [0.25, 0.3) is 6.08 Å². The number of nitriles is 1. The summed E-state index contributed by atoms with van der Waals surface area (Å²) < 4.78 is 2.32. The van der Waals surface area contributed by atoms with Crippen LogP contribution in [0.15, 0.2) is 40.0 Å². The van der Waals surface area contributed by atoms with Gasteiger partial charge >= 0.3 is 0 Å². The number of para-hydroxylation sites is 1. The average molecular weight is 592 g/mol. The molecule has 2 aliphatic rings. The van der Waals surface area contributed by atoms with E-state index in [9.17, 15) is 14.9 Å². The van der Waals surface area contributed by atoms with Gasteiger partial charge in [-0.3, -0.25) is 19.1 Å². The maximum Gasteiger partial charge on any atom is 0.270 e. The summed E-state index contributed by atoms with van der Waals surface area (Å²) in [4.78, 5) is 33.9. The molecular formula is C32H41N5O2S2. The number of pyridine rings is 1. The largest absolute Gasteiger partial charge is 0.368 e. The second-order valence-electron chi connectivity index (χ2n) is 10.7. The number of hydrogen-bond donors (Lipinski definition) is 0. The summed E-state index contributed by atoms with van der Waals surface area (Å²) in [6.45, 7) is 10.3. The van der Waals surface area contributed by atoms with Crippen molar-refractivity contribution in [3.05, 3.63) is 62.3 Å². The molecular weight excluding hydrogens is 551 g/mol. The van der Waals surface area contributed by atoms with Crippen LogP contribution in [0, 0.1) is 18.3 Å². The van der Waals surface area contributed by atoms with E-state index in [1.807, 2.05) is 38.1 Å². The van der Waals surface area contributed by atoms with E-state index >= 15 is 0 Å². The van der Waals surface area contributed by atoms with E-state index in [4.69, 9.17) is 12.2 Å². The molecule has 7 nitrogen and oxygen atoms in total. The van der Waals surface area contributed by atoms with Crippen LogP contribution in [0.4, 0.5) is 11.5 Å². The van der Waals surface area contributed by atoms with E-state index < -0.39 is 0 Å². The smallest absolute Gasteiger partial charge is 0.270 e. The number of unbranched alkanes of at least 4 members (excludes halogenated alkanes) is 5. The lowest BCUT2D eigenvalue weighted by molar-refractivity contribution is -0.122. The number of piperazine rings is 1. The molecule has 0 radical (unpaired) electrons. The summed E-state index contributed by atoms with van der Waals surface area (Å²) in [5.41, 5.74) is 2.44. The fourth-order valence-electron chi connectivity index (χ4n) is 5.61. The predicted molar refractivity (Wildman–Crippen MR) is 175 cm³/mol. The number of amides is 1.